The molecular weight excluding hydrogens is 222 g/mol. The van der Waals surface area contributed by atoms with Gasteiger partial charge in [-0.15, -0.1) is 0 Å². The van der Waals surface area contributed by atoms with Crippen molar-refractivity contribution in [1.82, 2.24) is 4.72 Å². The number of rotatable bonds is 6. The summed E-state index contributed by atoms with van der Waals surface area (Å²) in [4.78, 5) is 0. The Hall–Kier alpha value is -0.870. The average molecular weight is 241 g/mol. The standard InChI is InChI=1S/C12H19NO2S/c1-10(2)16(14)13-8-7-11-5-4-6-12(9-11)15-3/h4-6,9-10,13H,7-8H2,1-3H3. The zero-order valence-electron chi connectivity index (χ0n) is 10.0. The van der Waals surface area contributed by atoms with E-state index in [9.17, 15) is 4.21 Å². The van der Waals surface area contributed by atoms with Gasteiger partial charge in [-0.3, -0.25) is 0 Å². The van der Waals surface area contributed by atoms with Gasteiger partial charge in [0.15, 0.2) is 0 Å². The van der Waals surface area contributed by atoms with Gasteiger partial charge in [-0.25, -0.2) is 8.93 Å². The van der Waals surface area contributed by atoms with Crippen molar-refractivity contribution in [3.63, 3.8) is 0 Å². The molecule has 90 valence electrons. The molecule has 0 aromatic heterocycles. The molecule has 0 saturated carbocycles. The van der Waals surface area contributed by atoms with Crippen molar-refractivity contribution in [1.29, 1.82) is 0 Å². The van der Waals surface area contributed by atoms with Gasteiger partial charge in [-0.1, -0.05) is 12.1 Å². The molecule has 1 rings (SSSR count). The molecule has 16 heavy (non-hydrogen) atoms. The quantitative estimate of drug-likeness (QED) is 0.826. The van der Waals surface area contributed by atoms with Gasteiger partial charge in [0.2, 0.25) is 0 Å². The third kappa shape index (κ3) is 4.33. The molecular formula is C12H19NO2S. The van der Waals surface area contributed by atoms with E-state index in [0.29, 0.717) is 0 Å². The summed E-state index contributed by atoms with van der Waals surface area (Å²) >= 11 is 0. The van der Waals surface area contributed by atoms with Crippen molar-refractivity contribution in [2.75, 3.05) is 13.7 Å². The molecule has 1 aromatic rings. The summed E-state index contributed by atoms with van der Waals surface area (Å²) in [5, 5.41) is 0.158. The van der Waals surface area contributed by atoms with Gasteiger partial charge in [0.05, 0.1) is 18.1 Å². The van der Waals surface area contributed by atoms with Gasteiger partial charge in [0, 0.05) is 11.8 Å². The van der Waals surface area contributed by atoms with E-state index in [2.05, 4.69) is 4.72 Å². The van der Waals surface area contributed by atoms with Crippen LogP contribution in [0.4, 0.5) is 0 Å². The molecule has 3 nitrogen and oxygen atoms in total. The van der Waals surface area contributed by atoms with Gasteiger partial charge >= 0.3 is 0 Å². The molecule has 0 heterocycles. The highest BCUT2D eigenvalue weighted by Gasteiger charge is 2.03. The molecule has 0 aliphatic heterocycles. The second-order valence-electron chi connectivity index (χ2n) is 3.84. The summed E-state index contributed by atoms with van der Waals surface area (Å²) in [7, 11) is 0.724. The molecule has 1 unspecified atom stereocenters. The first-order valence-corrected chi connectivity index (χ1v) is 6.62. The van der Waals surface area contributed by atoms with Crippen LogP contribution in [0.15, 0.2) is 24.3 Å². The monoisotopic (exact) mass is 241 g/mol. The van der Waals surface area contributed by atoms with Crippen molar-refractivity contribution >= 4 is 11.0 Å². The minimum atomic E-state index is -0.934. The molecule has 1 aromatic carbocycles. The zero-order chi connectivity index (χ0) is 12.0. The van der Waals surface area contributed by atoms with Crippen LogP contribution in [0.2, 0.25) is 0 Å². The number of methoxy groups -OCH3 is 1. The Morgan fingerprint density at radius 1 is 1.44 bits per heavy atom. The third-order valence-electron chi connectivity index (χ3n) is 2.22. The summed E-state index contributed by atoms with van der Waals surface area (Å²) in [6, 6.07) is 7.93. The minimum absolute atomic E-state index is 0.158. The van der Waals surface area contributed by atoms with Crippen molar-refractivity contribution in [2.45, 2.75) is 25.5 Å². The van der Waals surface area contributed by atoms with Crippen LogP contribution in [0, 0.1) is 0 Å². The fraction of sp³-hybridized carbons (Fsp3) is 0.500. The van der Waals surface area contributed by atoms with Gasteiger partial charge < -0.3 is 4.74 Å². The van der Waals surface area contributed by atoms with Crippen LogP contribution >= 0.6 is 0 Å². The first-order valence-electron chi connectivity index (χ1n) is 5.40. The van der Waals surface area contributed by atoms with E-state index < -0.39 is 11.0 Å². The van der Waals surface area contributed by atoms with Gasteiger partial charge in [-0.05, 0) is 38.0 Å². The second kappa shape index (κ2) is 6.66. The fourth-order valence-corrected chi connectivity index (χ4v) is 1.93. The minimum Gasteiger partial charge on any atom is -0.497 e. The normalized spacial score (nSPS) is 12.8. The highest BCUT2D eigenvalue weighted by Crippen LogP contribution is 2.12. The van der Waals surface area contributed by atoms with Crippen LogP contribution in [-0.4, -0.2) is 23.1 Å². The predicted molar refractivity (Wildman–Crippen MR) is 68.0 cm³/mol. The molecule has 0 amide bonds. The summed E-state index contributed by atoms with van der Waals surface area (Å²) < 4.78 is 19.6. The number of ether oxygens (including phenoxy) is 1. The number of benzene rings is 1. The van der Waals surface area contributed by atoms with Gasteiger partial charge in [-0.2, -0.15) is 0 Å². The molecule has 0 saturated heterocycles. The van der Waals surface area contributed by atoms with Crippen LogP contribution in [0.5, 0.6) is 5.75 Å². The van der Waals surface area contributed by atoms with Crippen molar-refractivity contribution in [2.24, 2.45) is 0 Å². The maximum absolute atomic E-state index is 11.4. The smallest absolute Gasteiger partial charge is 0.119 e. The lowest BCUT2D eigenvalue weighted by Gasteiger charge is -2.08. The molecule has 1 atom stereocenters. The third-order valence-corrected chi connectivity index (χ3v) is 3.57. The van der Waals surface area contributed by atoms with Crippen LogP contribution in [0.25, 0.3) is 0 Å². The maximum Gasteiger partial charge on any atom is 0.119 e. The Morgan fingerprint density at radius 3 is 2.81 bits per heavy atom. The lowest BCUT2D eigenvalue weighted by Crippen LogP contribution is -2.26. The molecule has 0 radical (unpaired) electrons. The number of nitrogens with one attached hydrogen (secondary N) is 1. The molecule has 0 fully saturated rings. The molecule has 0 spiro atoms. The molecule has 0 aliphatic rings. The van der Waals surface area contributed by atoms with Crippen LogP contribution in [0.3, 0.4) is 0 Å². The first kappa shape index (κ1) is 13.2. The Morgan fingerprint density at radius 2 is 2.19 bits per heavy atom. The lowest BCUT2D eigenvalue weighted by molar-refractivity contribution is 0.414. The summed E-state index contributed by atoms with van der Waals surface area (Å²) in [6.07, 6.45) is 0.857. The molecule has 0 aliphatic carbocycles. The fourth-order valence-electron chi connectivity index (χ4n) is 1.29. The van der Waals surface area contributed by atoms with Crippen molar-refractivity contribution < 1.29 is 8.95 Å². The van der Waals surface area contributed by atoms with E-state index in [-0.39, 0.29) is 5.25 Å². The topological polar surface area (TPSA) is 38.3 Å². The number of hydrogen-bond donors (Lipinski definition) is 1. The van der Waals surface area contributed by atoms with Gasteiger partial charge in [0.25, 0.3) is 0 Å². The Labute approximate surface area is 99.8 Å². The van der Waals surface area contributed by atoms with E-state index in [1.807, 2.05) is 38.1 Å². The molecule has 0 bridgehead atoms. The largest absolute Gasteiger partial charge is 0.497 e. The van der Waals surface area contributed by atoms with E-state index in [4.69, 9.17) is 4.74 Å². The summed E-state index contributed by atoms with van der Waals surface area (Å²) in [6.45, 7) is 4.60. The van der Waals surface area contributed by atoms with Crippen LogP contribution < -0.4 is 9.46 Å². The Bertz CT molecular complexity index is 353. The van der Waals surface area contributed by atoms with Crippen LogP contribution in [0.1, 0.15) is 19.4 Å². The average Bonchev–Trinajstić information content (AvgIpc) is 2.29. The first-order chi connectivity index (χ1) is 7.63. The summed E-state index contributed by atoms with van der Waals surface area (Å²) in [5.41, 5.74) is 1.19. The van der Waals surface area contributed by atoms with E-state index >= 15 is 0 Å². The predicted octanol–water partition coefficient (Wildman–Crippen LogP) is 1.90. The van der Waals surface area contributed by atoms with E-state index in [0.717, 1.165) is 18.7 Å². The van der Waals surface area contributed by atoms with E-state index in [1.54, 1.807) is 7.11 Å². The van der Waals surface area contributed by atoms with Crippen molar-refractivity contribution in [3.05, 3.63) is 29.8 Å². The van der Waals surface area contributed by atoms with E-state index in [1.165, 1.54) is 5.56 Å². The zero-order valence-corrected chi connectivity index (χ0v) is 10.8. The Balaban J connectivity index is 2.40. The highest BCUT2D eigenvalue weighted by atomic mass is 32.2. The summed E-state index contributed by atoms with van der Waals surface area (Å²) in [5.74, 6) is 0.863. The number of hydrogen-bond acceptors (Lipinski definition) is 2. The SMILES string of the molecule is COc1cccc(CCNS(=O)C(C)C)c1. The van der Waals surface area contributed by atoms with Crippen molar-refractivity contribution in [3.8, 4) is 5.75 Å². The lowest BCUT2D eigenvalue weighted by atomic mass is 10.1. The molecule has 4 heteroatoms. The maximum atomic E-state index is 11.4. The van der Waals surface area contributed by atoms with Crippen LogP contribution in [-0.2, 0) is 17.4 Å². The molecule has 1 N–H and O–H groups in total. The Kier molecular flexibility index (Phi) is 5.49. The second-order valence-corrected chi connectivity index (χ2v) is 5.67. The van der Waals surface area contributed by atoms with Gasteiger partial charge in [0.1, 0.15) is 5.75 Å². The highest BCUT2D eigenvalue weighted by molar-refractivity contribution is 7.83.